The number of anilines is 1. The summed E-state index contributed by atoms with van der Waals surface area (Å²) in [5.74, 6) is -1.01. The fourth-order valence-electron chi connectivity index (χ4n) is 1.40. The van der Waals surface area contributed by atoms with Crippen molar-refractivity contribution in [2.75, 3.05) is 5.32 Å². The highest BCUT2D eigenvalue weighted by molar-refractivity contribution is 7.14. The Bertz CT molecular complexity index is 495. The minimum atomic E-state index is -1.01. The molecule has 0 fully saturated rings. The number of carbonyl (C=O) groups is 1. The lowest BCUT2D eigenvalue weighted by atomic mass is 10.2. The van der Waals surface area contributed by atoms with E-state index in [4.69, 9.17) is 5.11 Å². The van der Waals surface area contributed by atoms with Crippen LogP contribution in [-0.4, -0.2) is 21.0 Å². The van der Waals surface area contributed by atoms with Gasteiger partial charge in [-0.15, -0.1) is 22.7 Å². The maximum absolute atomic E-state index is 10.9. The maximum Gasteiger partial charge on any atom is 0.357 e. The molecule has 5 nitrogen and oxygen atoms in total. The van der Waals surface area contributed by atoms with Gasteiger partial charge in [0.1, 0.15) is 10.0 Å². The smallest absolute Gasteiger partial charge is 0.357 e. The van der Waals surface area contributed by atoms with Crippen LogP contribution >= 0.6 is 22.7 Å². The molecule has 0 aromatic carbocycles. The van der Waals surface area contributed by atoms with E-state index >= 15 is 0 Å². The molecule has 0 bridgehead atoms. The summed E-state index contributed by atoms with van der Waals surface area (Å²) < 4.78 is 0. The van der Waals surface area contributed by atoms with Crippen LogP contribution in [0.3, 0.4) is 0 Å². The molecule has 0 amide bonds. The summed E-state index contributed by atoms with van der Waals surface area (Å²) in [5, 5.41) is 15.6. The summed E-state index contributed by atoms with van der Waals surface area (Å²) in [6.07, 6.45) is 2.58. The van der Waals surface area contributed by atoms with E-state index in [0.29, 0.717) is 5.00 Å². The van der Waals surface area contributed by atoms with Gasteiger partial charge in [0.05, 0.1) is 11.6 Å². The SMILES string of the molecule is CCC(Nc1scnc1C(=O)O)c1nccs1. The Balaban J connectivity index is 2.19. The van der Waals surface area contributed by atoms with Gasteiger partial charge in [0.25, 0.3) is 0 Å². The van der Waals surface area contributed by atoms with E-state index in [1.165, 1.54) is 16.8 Å². The second kappa shape index (κ2) is 5.24. The van der Waals surface area contributed by atoms with Gasteiger partial charge in [-0.1, -0.05) is 6.92 Å². The standard InChI is InChI=1S/C10H11N3O2S2/c1-2-6(8-11-3-4-16-8)13-9-7(10(14)15)12-5-17-9/h3-6,13H,2H2,1H3,(H,14,15). The molecule has 0 aliphatic heterocycles. The minimum absolute atomic E-state index is 0.0357. The number of hydrogen-bond acceptors (Lipinski definition) is 6. The Morgan fingerprint density at radius 2 is 2.35 bits per heavy atom. The molecule has 2 N–H and O–H groups in total. The van der Waals surface area contributed by atoms with Gasteiger partial charge in [0, 0.05) is 11.6 Å². The third-order valence-electron chi connectivity index (χ3n) is 2.23. The molecule has 2 rings (SSSR count). The van der Waals surface area contributed by atoms with Crippen LogP contribution in [0.4, 0.5) is 5.00 Å². The number of hydrogen-bond donors (Lipinski definition) is 2. The first-order valence-electron chi connectivity index (χ1n) is 5.05. The molecule has 1 unspecified atom stereocenters. The molecule has 0 aliphatic carbocycles. The predicted molar refractivity (Wildman–Crippen MR) is 67.8 cm³/mol. The van der Waals surface area contributed by atoms with Gasteiger partial charge >= 0.3 is 5.97 Å². The molecule has 2 heterocycles. The van der Waals surface area contributed by atoms with Gasteiger partial charge in [-0.3, -0.25) is 0 Å². The lowest BCUT2D eigenvalue weighted by Gasteiger charge is -2.14. The van der Waals surface area contributed by atoms with E-state index in [0.717, 1.165) is 11.4 Å². The second-order valence-electron chi connectivity index (χ2n) is 3.31. The first kappa shape index (κ1) is 12.0. The van der Waals surface area contributed by atoms with Crippen molar-refractivity contribution in [3.05, 3.63) is 27.8 Å². The fraction of sp³-hybridized carbons (Fsp3) is 0.300. The zero-order valence-corrected chi connectivity index (χ0v) is 10.7. The van der Waals surface area contributed by atoms with Crippen LogP contribution in [0.5, 0.6) is 0 Å². The quantitative estimate of drug-likeness (QED) is 0.873. The normalized spacial score (nSPS) is 12.3. The largest absolute Gasteiger partial charge is 0.476 e. The highest BCUT2D eigenvalue weighted by Gasteiger charge is 2.18. The van der Waals surface area contributed by atoms with Gasteiger partial charge in [0.2, 0.25) is 0 Å². The third-order valence-corrected chi connectivity index (χ3v) is 3.88. The van der Waals surface area contributed by atoms with Crippen molar-refractivity contribution in [2.24, 2.45) is 0 Å². The Morgan fingerprint density at radius 1 is 1.53 bits per heavy atom. The van der Waals surface area contributed by atoms with Crippen LogP contribution in [0, 0.1) is 0 Å². The van der Waals surface area contributed by atoms with E-state index in [1.807, 2.05) is 12.3 Å². The Morgan fingerprint density at radius 3 is 2.94 bits per heavy atom. The molecule has 0 saturated carbocycles. The second-order valence-corrected chi connectivity index (χ2v) is 5.09. The Kier molecular flexibility index (Phi) is 3.70. The number of nitrogens with zero attached hydrogens (tertiary/aromatic N) is 2. The summed E-state index contributed by atoms with van der Waals surface area (Å²) in [4.78, 5) is 19.0. The number of nitrogens with one attached hydrogen (secondary N) is 1. The number of thiazole rings is 2. The van der Waals surface area contributed by atoms with E-state index in [1.54, 1.807) is 17.5 Å². The van der Waals surface area contributed by atoms with Crippen LogP contribution in [-0.2, 0) is 0 Å². The molecular weight excluding hydrogens is 258 g/mol. The summed E-state index contributed by atoms with van der Waals surface area (Å²) in [6.45, 7) is 2.03. The first-order chi connectivity index (χ1) is 8.22. The van der Waals surface area contributed by atoms with E-state index in [2.05, 4.69) is 15.3 Å². The van der Waals surface area contributed by atoms with Crippen molar-refractivity contribution in [2.45, 2.75) is 19.4 Å². The van der Waals surface area contributed by atoms with Gasteiger partial charge < -0.3 is 10.4 Å². The zero-order valence-electron chi connectivity index (χ0n) is 9.08. The molecule has 0 aliphatic rings. The van der Waals surface area contributed by atoms with Gasteiger partial charge in [-0.2, -0.15) is 0 Å². The van der Waals surface area contributed by atoms with Crippen molar-refractivity contribution in [1.82, 2.24) is 9.97 Å². The van der Waals surface area contributed by atoms with Crippen molar-refractivity contribution in [1.29, 1.82) is 0 Å². The van der Waals surface area contributed by atoms with Crippen molar-refractivity contribution in [3.63, 3.8) is 0 Å². The monoisotopic (exact) mass is 269 g/mol. The lowest BCUT2D eigenvalue weighted by Crippen LogP contribution is -2.11. The molecule has 0 radical (unpaired) electrons. The third kappa shape index (κ3) is 2.62. The van der Waals surface area contributed by atoms with Crippen molar-refractivity contribution >= 4 is 33.6 Å². The highest BCUT2D eigenvalue weighted by atomic mass is 32.1. The lowest BCUT2D eigenvalue weighted by molar-refractivity contribution is 0.0692. The van der Waals surface area contributed by atoms with Crippen LogP contribution in [0.15, 0.2) is 17.1 Å². The summed E-state index contributed by atoms with van der Waals surface area (Å²) in [7, 11) is 0. The summed E-state index contributed by atoms with van der Waals surface area (Å²) in [5.41, 5.74) is 1.60. The summed E-state index contributed by atoms with van der Waals surface area (Å²) in [6, 6.07) is 0.0357. The number of carboxylic acids is 1. The van der Waals surface area contributed by atoms with Crippen LogP contribution < -0.4 is 5.32 Å². The molecule has 2 aromatic heterocycles. The topological polar surface area (TPSA) is 75.1 Å². The van der Waals surface area contributed by atoms with Crippen molar-refractivity contribution in [3.8, 4) is 0 Å². The molecule has 7 heteroatoms. The molecule has 90 valence electrons. The van der Waals surface area contributed by atoms with Crippen molar-refractivity contribution < 1.29 is 9.90 Å². The zero-order chi connectivity index (χ0) is 12.3. The molecule has 17 heavy (non-hydrogen) atoms. The molecule has 1 atom stereocenters. The number of carboxylic acid groups (broad SMARTS) is 1. The Labute approximate surface area is 106 Å². The average molecular weight is 269 g/mol. The molecule has 2 aromatic rings. The highest BCUT2D eigenvalue weighted by Crippen LogP contribution is 2.28. The number of rotatable bonds is 5. The number of aromatic carboxylic acids is 1. The summed E-state index contributed by atoms with van der Waals surface area (Å²) >= 11 is 2.85. The maximum atomic E-state index is 10.9. The van der Waals surface area contributed by atoms with Gasteiger partial charge in [0.15, 0.2) is 5.69 Å². The number of aromatic nitrogens is 2. The first-order valence-corrected chi connectivity index (χ1v) is 6.81. The average Bonchev–Trinajstić information content (AvgIpc) is 2.96. The molecular formula is C10H11N3O2S2. The van der Waals surface area contributed by atoms with Gasteiger partial charge in [-0.05, 0) is 6.42 Å². The predicted octanol–water partition coefficient (Wildman–Crippen LogP) is 2.86. The van der Waals surface area contributed by atoms with Crippen LogP contribution in [0.25, 0.3) is 0 Å². The van der Waals surface area contributed by atoms with E-state index < -0.39 is 5.97 Å². The molecule has 0 saturated heterocycles. The fourth-order valence-corrected chi connectivity index (χ4v) is 2.90. The van der Waals surface area contributed by atoms with Crippen LogP contribution in [0.2, 0.25) is 0 Å². The van der Waals surface area contributed by atoms with Crippen LogP contribution in [0.1, 0.15) is 34.9 Å². The van der Waals surface area contributed by atoms with E-state index in [9.17, 15) is 4.79 Å². The minimum Gasteiger partial charge on any atom is -0.476 e. The van der Waals surface area contributed by atoms with Gasteiger partial charge in [-0.25, -0.2) is 14.8 Å². The molecule has 0 spiro atoms. The Hall–Kier alpha value is -1.47. The van der Waals surface area contributed by atoms with E-state index in [-0.39, 0.29) is 11.7 Å².